The van der Waals surface area contributed by atoms with Gasteiger partial charge in [-0.05, 0) is 30.5 Å². The zero-order valence-electron chi connectivity index (χ0n) is 12.8. The Hall–Kier alpha value is -1.59. The summed E-state index contributed by atoms with van der Waals surface area (Å²) in [5, 5.41) is 12.2. The number of carboxylic acid groups (broad SMARTS) is 1. The Morgan fingerprint density at radius 3 is 2.57 bits per heavy atom. The summed E-state index contributed by atoms with van der Waals surface area (Å²) in [6, 6.07) is 7.73. The Bertz CT molecular complexity index is 405. The lowest BCUT2D eigenvalue weighted by Gasteiger charge is -2.17. The van der Waals surface area contributed by atoms with Crippen LogP contribution in [0.4, 0.5) is 0 Å². The Kier molecular flexibility index (Phi) is 8.47. The largest absolute Gasteiger partial charge is 0.494 e. The van der Waals surface area contributed by atoms with Gasteiger partial charge in [0.15, 0.2) is 0 Å². The van der Waals surface area contributed by atoms with Crippen LogP contribution in [-0.2, 0) is 16.0 Å². The smallest absolute Gasteiger partial charge is 0.304 e. The van der Waals surface area contributed by atoms with Crippen LogP contribution in [0.5, 0.6) is 5.75 Å². The molecule has 2 N–H and O–H groups in total. The first kappa shape index (κ1) is 17.5. The van der Waals surface area contributed by atoms with E-state index in [-0.39, 0.29) is 12.5 Å². The molecule has 0 saturated heterocycles. The summed E-state index contributed by atoms with van der Waals surface area (Å²) in [7, 11) is 1.63. The van der Waals surface area contributed by atoms with E-state index in [1.54, 1.807) is 7.11 Å². The van der Waals surface area contributed by atoms with E-state index in [4.69, 9.17) is 14.6 Å². The van der Waals surface area contributed by atoms with Gasteiger partial charge in [0.2, 0.25) is 0 Å². The predicted octanol–water partition coefficient (Wildman–Crippen LogP) is 2.10. The molecule has 0 aliphatic rings. The fraction of sp³-hybridized carbons (Fsp3) is 0.562. The maximum absolute atomic E-state index is 10.9. The second-order valence-corrected chi connectivity index (χ2v) is 4.94. The van der Waals surface area contributed by atoms with Crippen molar-refractivity contribution in [2.75, 3.05) is 26.9 Å². The fourth-order valence-electron chi connectivity index (χ4n) is 2.02. The molecule has 0 radical (unpaired) electrons. The van der Waals surface area contributed by atoms with Crippen molar-refractivity contribution in [2.45, 2.75) is 32.2 Å². The van der Waals surface area contributed by atoms with Gasteiger partial charge in [-0.15, -0.1) is 0 Å². The zero-order chi connectivity index (χ0) is 15.5. The van der Waals surface area contributed by atoms with Gasteiger partial charge in [0.25, 0.3) is 0 Å². The minimum absolute atomic E-state index is 0.0950. The van der Waals surface area contributed by atoms with Crippen LogP contribution < -0.4 is 10.1 Å². The SMILES string of the molecule is CCCOc1ccc(CC(CC(=O)O)NCCOC)cc1. The standard InChI is InChI=1S/C16H25NO4/c1-3-9-21-15-6-4-13(5-7-15)11-14(12-16(18)19)17-8-10-20-2/h4-7,14,17H,3,8-12H2,1-2H3,(H,18,19). The highest BCUT2D eigenvalue weighted by atomic mass is 16.5. The number of hydrogen-bond donors (Lipinski definition) is 2. The summed E-state index contributed by atoms with van der Waals surface area (Å²) in [5.41, 5.74) is 1.09. The molecule has 1 aromatic carbocycles. The number of benzene rings is 1. The minimum atomic E-state index is -0.798. The summed E-state index contributed by atoms with van der Waals surface area (Å²) in [5.74, 6) is 0.0514. The van der Waals surface area contributed by atoms with Gasteiger partial charge in [-0.3, -0.25) is 4.79 Å². The van der Waals surface area contributed by atoms with E-state index in [1.165, 1.54) is 0 Å². The summed E-state index contributed by atoms with van der Waals surface area (Å²) >= 11 is 0. The number of carbonyl (C=O) groups is 1. The molecule has 0 aliphatic carbocycles. The summed E-state index contributed by atoms with van der Waals surface area (Å²) in [6.07, 6.45) is 1.74. The van der Waals surface area contributed by atoms with Gasteiger partial charge in [-0.25, -0.2) is 0 Å². The molecule has 21 heavy (non-hydrogen) atoms. The Morgan fingerprint density at radius 1 is 1.29 bits per heavy atom. The van der Waals surface area contributed by atoms with Gasteiger partial charge < -0.3 is 19.9 Å². The van der Waals surface area contributed by atoms with E-state index in [2.05, 4.69) is 12.2 Å². The van der Waals surface area contributed by atoms with E-state index in [1.807, 2.05) is 24.3 Å². The van der Waals surface area contributed by atoms with Crippen molar-refractivity contribution in [3.05, 3.63) is 29.8 Å². The molecule has 0 amide bonds. The molecule has 1 rings (SSSR count). The summed E-state index contributed by atoms with van der Waals surface area (Å²) < 4.78 is 10.5. The van der Waals surface area contributed by atoms with Crippen molar-refractivity contribution in [1.82, 2.24) is 5.32 Å². The molecule has 0 heterocycles. The van der Waals surface area contributed by atoms with Gasteiger partial charge in [0.05, 0.1) is 19.6 Å². The monoisotopic (exact) mass is 295 g/mol. The van der Waals surface area contributed by atoms with E-state index >= 15 is 0 Å². The fourth-order valence-corrected chi connectivity index (χ4v) is 2.02. The topological polar surface area (TPSA) is 67.8 Å². The molecule has 0 aliphatic heterocycles. The molecule has 0 bridgehead atoms. The van der Waals surface area contributed by atoms with Gasteiger partial charge in [0, 0.05) is 19.7 Å². The average Bonchev–Trinajstić information content (AvgIpc) is 2.46. The predicted molar refractivity (Wildman–Crippen MR) is 81.9 cm³/mol. The van der Waals surface area contributed by atoms with Gasteiger partial charge >= 0.3 is 5.97 Å². The number of ether oxygens (including phenoxy) is 2. The Balaban J connectivity index is 2.53. The number of carboxylic acids is 1. The highest BCUT2D eigenvalue weighted by molar-refractivity contribution is 5.67. The molecule has 1 aromatic rings. The van der Waals surface area contributed by atoms with Crippen LogP contribution in [0.2, 0.25) is 0 Å². The van der Waals surface area contributed by atoms with Crippen LogP contribution in [0.3, 0.4) is 0 Å². The van der Waals surface area contributed by atoms with Gasteiger partial charge in [-0.2, -0.15) is 0 Å². The Labute approximate surface area is 126 Å². The van der Waals surface area contributed by atoms with Crippen molar-refractivity contribution < 1.29 is 19.4 Å². The van der Waals surface area contributed by atoms with E-state index in [0.29, 0.717) is 26.2 Å². The molecule has 5 nitrogen and oxygen atoms in total. The molecule has 0 aromatic heterocycles. The van der Waals surface area contributed by atoms with E-state index in [0.717, 1.165) is 17.7 Å². The molecule has 0 saturated carbocycles. The lowest BCUT2D eigenvalue weighted by Crippen LogP contribution is -2.35. The van der Waals surface area contributed by atoms with Crippen LogP contribution in [0.15, 0.2) is 24.3 Å². The summed E-state index contributed by atoms with van der Waals surface area (Å²) in [4.78, 5) is 10.9. The lowest BCUT2D eigenvalue weighted by molar-refractivity contribution is -0.137. The number of aliphatic carboxylic acids is 1. The molecule has 118 valence electrons. The third-order valence-electron chi connectivity index (χ3n) is 3.04. The second kappa shape index (κ2) is 10.2. The van der Waals surface area contributed by atoms with Gasteiger partial charge in [-0.1, -0.05) is 19.1 Å². The molecular formula is C16H25NO4. The van der Waals surface area contributed by atoms with Crippen molar-refractivity contribution in [3.8, 4) is 5.75 Å². The molecule has 0 spiro atoms. The van der Waals surface area contributed by atoms with Gasteiger partial charge in [0.1, 0.15) is 5.75 Å². The quantitative estimate of drug-likeness (QED) is 0.612. The van der Waals surface area contributed by atoms with Crippen molar-refractivity contribution in [3.63, 3.8) is 0 Å². The number of rotatable bonds is 11. The maximum Gasteiger partial charge on any atom is 0.304 e. The average molecular weight is 295 g/mol. The molecule has 1 unspecified atom stereocenters. The lowest BCUT2D eigenvalue weighted by atomic mass is 10.0. The number of methoxy groups -OCH3 is 1. The zero-order valence-corrected chi connectivity index (χ0v) is 12.8. The first-order valence-corrected chi connectivity index (χ1v) is 7.31. The Morgan fingerprint density at radius 2 is 2.00 bits per heavy atom. The highest BCUT2D eigenvalue weighted by Crippen LogP contribution is 2.14. The summed E-state index contributed by atoms with van der Waals surface area (Å²) in [6.45, 7) is 3.99. The maximum atomic E-state index is 10.9. The minimum Gasteiger partial charge on any atom is -0.494 e. The van der Waals surface area contributed by atoms with Crippen LogP contribution >= 0.6 is 0 Å². The third-order valence-corrected chi connectivity index (χ3v) is 3.04. The number of nitrogens with one attached hydrogen (secondary N) is 1. The first-order chi connectivity index (χ1) is 10.2. The first-order valence-electron chi connectivity index (χ1n) is 7.31. The molecule has 5 heteroatoms. The highest BCUT2D eigenvalue weighted by Gasteiger charge is 2.13. The second-order valence-electron chi connectivity index (χ2n) is 4.94. The van der Waals surface area contributed by atoms with Crippen LogP contribution in [-0.4, -0.2) is 44.0 Å². The van der Waals surface area contributed by atoms with Crippen LogP contribution in [0.1, 0.15) is 25.3 Å². The van der Waals surface area contributed by atoms with Crippen molar-refractivity contribution >= 4 is 5.97 Å². The normalized spacial score (nSPS) is 12.1. The van der Waals surface area contributed by atoms with E-state index < -0.39 is 5.97 Å². The molecular weight excluding hydrogens is 270 g/mol. The van der Waals surface area contributed by atoms with Crippen LogP contribution in [0.25, 0.3) is 0 Å². The van der Waals surface area contributed by atoms with Crippen molar-refractivity contribution in [1.29, 1.82) is 0 Å². The number of hydrogen-bond acceptors (Lipinski definition) is 4. The molecule has 1 atom stereocenters. The molecule has 0 fully saturated rings. The van der Waals surface area contributed by atoms with E-state index in [9.17, 15) is 4.79 Å². The third kappa shape index (κ3) is 7.68. The van der Waals surface area contributed by atoms with Crippen LogP contribution in [0, 0.1) is 0 Å². The van der Waals surface area contributed by atoms with Crippen molar-refractivity contribution in [2.24, 2.45) is 0 Å².